The van der Waals surface area contributed by atoms with E-state index in [0.29, 0.717) is 17.4 Å². The van der Waals surface area contributed by atoms with Crippen LogP contribution in [0.2, 0.25) is 0 Å². The van der Waals surface area contributed by atoms with Crippen molar-refractivity contribution in [2.24, 2.45) is 17.1 Å². The van der Waals surface area contributed by atoms with E-state index in [4.69, 9.17) is 5.73 Å². The standard InChI is InChI=1S/C18H31N3/c1-5-21(13-16-8-6-7-14(2)20-16)12-15-11-18(3,4)10-9-17(15)19/h6-8,15,17H,5,9-13,19H2,1-4H3. The van der Waals surface area contributed by atoms with E-state index >= 15 is 0 Å². The number of hydrogen-bond acceptors (Lipinski definition) is 3. The van der Waals surface area contributed by atoms with E-state index in [-0.39, 0.29) is 0 Å². The van der Waals surface area contributed by atoms with Crippen LogP contribution >= 0.6 is 0 Å². The highest BCUT2D eigenvalue weighted by Crippen LogP contribution is 2.38. The fraction of sp³-hybridized carbons (Fsp3) is 0.722. The van der Waals surface area contributed by atoms with E-state index in [1.165, 1.54) is 18.5 Å². The second kappa shape index (κ2) is 6.89. The predicted molar refractivity (Wildman–Crippen MR) is 89.0 cm³/mol. The zero-order valence-corrected chi connectivity index (χ0v) is 14.1. The topological polar surface area (TPSA) is 42.2 Å². The summed E-state index contributed by atoms with van der Waals surface area (Å²) in [6, 6.07) is 6.64. The van der Waals surface area contributed by atoms with Crippen LogP contribution in [0.25, 0.3) is 0 Å². The van der Waals surface area contributed by atoms with Gasteiger partial charge < -0.3 is 5.73 Å². The summed E-state index contributed by atoms with van der Waals surface area (Å²) < 4.78 is 0. The lowest BCUT2D eigenvalue weighted by atomic mass is 9.70. The van der Waals surface area contributed by atoms with Gasteiger partial charge in [-0.15, -0.1) is 0 Å². The van der Waals surface area contributed by atoms with Gasteiger partial charge in [0.15, 0.2) is 0 Å². The summed E-state index contributed by atoms with van der Waals surface area (Å²) in [7, 11) is 0. The Morgan fingerprint density at radius 1 is 1.38 bits per heavy atom. The Bertz CT molecular complexity index is 456. The SMILES string of the molecule is CCN(Cc1cccc(C)n1)CC1CC(C)(C)CCC1N. The monoisotopic (exact) mass is 289 g/mol. The quantitative estimate of drug-likeness (QED) is 0.903. The first-order valence-corrected chi connectivity index (χ1v) is 8.30. The molecule has 2 atom stereocenters. The van der Waals surface area contributed by atoms with Crippen molar-refractivity contribution >= 4 is 0 Å². The molecule has 118 valence electrons. The highest BCUT2D eigenvalue weighted by Gasteiger charge is 2.33. The molecule has 0 aliphatic heterocycles. The Morgan fingerprint density at radius 3 is 2.81 bits per heavy atom. The van der Waals surface area contributed by atoms with E-state index in [9.17, 15) is 0 Å². The maximum atomic E-state index is 6.38. The molecular weight excluding hydrogens is 258 g/mol. The zero-order valence-electron chi connectivity index (χ0n) is 14.1. The third-order valence-electron chi connectivity index (χ3n) is 4.85. The van der Waals surface area contributed by atoms with Crippen LogP contribution in [-0.4, -0.2) is 29.0 Å². The van der Waals surface area contributed by atoms with E-state index < -0.39 is 0 Å². The van der Waals surface area contributed by atoms with Crippen molar-refractivity contribution in [2.75, 3.05) is 13.1 Å². The Morgan fingerprint density at radius 2 is 2.14 bits per heavy atom. The van der Waals surface area contributed by atoms with Crippen LogP contribution in [0.3, 0.4) is 0 Å². The Balaban J connectivity index is 1.98. The molecule has 1 aromatic heterocycles. The van der Waals surface area contributed by atoms with Gasteiger partial charge in [0.1, 0.15) is 0 Å². The minimum Gasteiger partial charge on any atom is -0.327 e. The van der Waals surface area contributed by atoms with Gasteiger partial charge in [0.25, 0.3) is 0 Å². The van der Waals surface area contributed by atoms with Gasteiger partial charge in [-0.25, -0.2) is 0 Å². The number of nitrogens with two attached hydrogens (primary N) is 1. The van der Waals surface area contributed by atoms with Gasteiger partial charge in [0, 0.05) is 24.8 Å². The molecule has 2 rings (SSSR count). The minimum absolute atomic E-state index is 0.359. The Kier molecular flexibility index (Phi) is 5.39. The van der Waals surface area contributed by atoms with Gasteiger partial charge in [-0.3, -0.25) is 9.88 Å². The second-order valence-electron chi connectivity index (χ2n) is 7.43. The maximum absolute atomic E-state index is 6.38. The molecule has 0 radical (unpaired) electrons. The van der Waals surface area contributed by atoms with Gasteiger partial charge in [-0.05, 0) is 56.2 Å². The molecule has 0 spiro atoms. The molecule has 1 aromatic rings. The number of aromatic nitrogens is 1. The lowest BCUT2D eigenvalue weighted by Crippen LogP contribution is -2.45. The molecule has 0 aromatic carbocycles. The molecule has 1 aliphatic rings. The van der Waals surface area contributed by atoms with Crippen molar-refractivity contribution < 1.29 is 0 Å². The maximum Gasteiger partial charge on any atom is 0.0547 e. The first-order valence-electron chi connectivity index (χ1n) is 8.30. The first kappa shape index (κ1) is 16.4. The van der Waals surface area contributed by atoms with Crippen LogP contribution in [0.15, 0.2) is 18.2 Å². The van der Waals surface area contributed by atoms with Gasteiger partial charge in [-0.1, -0.05) is 26.8 Å². The Labute approximate surface area is 129 Å². The van der Waals surface area contributed by atoms with Crippen molar-refractivity contribution in [3.63, 3.8) is 0 Å². The molecule has 2 unspecified atom stereocenters. The van der Waals surface area contributed by atoms with E-state index in [1.807, 2.05) is 0 Å². The lowest BCUT2D eigenvalue weighted by molar-refractivity contribution is 0.113. The normalized spacial score (nSPS) is 25.2. The molecule has 3 heteroatoms. The van der Waals surface area contributed by atoms with Gasteiger partial charge in [0.05, 0.1) is 5.69 Å². The van der Waals surface area contributed by atoms with Crippen molar-refractivity contribution in [3.05, 3.63) is 29.6 Å². The average molecular weight is 289 g/mol. The molecule has 2 N–H and O–H groups in total. The molecule has 1 fully saturated rings. The van der Waals surface area contributed by atoms with E-state index in [2.05, 4.69) is 55.8 Å². The molecule has 1 heterocycles. The van der Waals surface area contributed by atoms with Crippen LogP contribution in [0, 0.1) is 18.3 Å². The van der Waals surface area contributed by atoms with Crippen LogP contribution in [0.1, 0.15) is 51.4 Å². The lowest BCUT2D eigenvalue weighted by Gasteiger charge is -2.41. The van der Waals surface area contributed by atoms with Crippen molar-refractivity contribution in [2.45, 2.75) is 59.5 Å². The Hall–Kier alpha value is -0.930. The van der Waals surface area contributed by atoms with Crippen LogP contribution < -0.4 is 5.73 Å². The van der Waals surface area contributed by atoms with E-state index in [1.54, 1.807) is 0 Å². The fourth-order valence-corrected chi connectivity index (χ4v) is 3.51. The molecule has 3 nitrogen and oxygen atoms in total. The summed E-state index contributed by atoms with van der Waals surface area (Å²) in [5.74, 6) is 0.610. The minimum atomic E-state index is 0.359. The number of aryl methyl sites for hydroxylation is 1. The van der Waals surface area contributed by atoms with Crippen LogP contribution in [0.4, 0.5) is 0 Å². The summed E-state index contributed by atoms with van der Waals surface area (Å²) in [5.41, 5.74) is 9.09. The third kappa shape index (κ3) is 4.79. The van der Waals surface area contributed by atoms with Crippen LogP contribution in [0.5, 0.6) is 0 Å². The number of hydrogen-bond donors (Lipinski definition) is 1. The smallest absolute Gasteiger partial charge is 0.0547 e. The molecule has 0 amide bonds. The highest BCUT2D eigenvalue weighted by atomic mass is 15.1. The number of nitrogens with zero attached hydrogens (tertiary/aromatic N) is 2. The third-order valence-corrected chi connectivity index (χ3v) is 4.85. The first-order chi connectivity index (χ1) is 9.89. The molecule has 1 aliphatic carbocycles. The number of pyridine rings is 1. The fourth-order valence-electron chi connectivity index (χ4n) is 3.51. The summed E-state index contributed by atoms with van der Waals surface area (Å²) in [6.45, 7) is 12.1. The van der Waals surface area contributed by atoms with E-state index in [0.717, 1.165) is 31.7 Å². The summed E-state index contributed by atoms with van der Waals surface area (Å²) in [4.78, 5) is 7.12. The van der Waals surface area contributed by atoms with Gasteiger partial charge in [-0.2, -0.15) is 0 Å². The zero-order chi connectivity index (χ0) is 15.5. The van der Waals surface area contributed by atoms with Gasteiger partial charge in [0.2, 0.25) is 0 Å². The molecule has 1 saturated carbocycles. The summed E-state index contributed by atoms with van der Waals surface area (Å²) in [5, 5.41) is 0. The number of rotatable bonds is 5. The van der Waals surface area contributed by atoms with Crippen molar-refractivity contribution in [3.8, 4) is 0 Å². The molecule has 21 heavy (non-hydrogen) atoms. The predicted octanol–water partition coefficient (Wildman–Crippen LogP) is 3.37. The average Bonchev–Trinajstić information content (AvgIpc) is 2.42. The molecular formula is C18H31N3. The van der Waals surface area contributed by atoms with Crippen LogP contribution in [-0.2, 0) is 6.54 Å². The largest absolute Gasteiger partial charge is 0.327 e. The van der Waals surface area contributed by atoms with Crippen molar-refractivity contribution in [1.82, 2.24) is 9.88 Å². The van der Waals surface area contributed by atoms with Gasteiger partial charge >= 0.3 is 0 Å². The molecule has 0 bridgehead atoms. The summed E-state index contributed by atoms with van der Waals surface area (Å²) in [6.07, 6.45) is 3.67. The highest BCUT2D eigenvalue weighted by molar-refractivity contribution is 5.09. The van der Waals surface area contributed by atoms with Crippen molar-refractivity contribution in [1.29, 1.82) is 0 Å². The molecule has 0 saturated heterocycles. The summed E-state index contributed by atoms with van der Waals surface area (Å²) >= 11 is 0. The second-order valence-corrected chi connectivity index (χ2v) is 7.43.